The Hall–Kier alpha value is -2.45. The lowest BCUT2D eigenvalue weighted by molar-refractivity contribution is -0.213. The summed E-state index contributed by atoms with van der Waals surface area (Å²) in [4.78, 5) is 37.1. The maximum absolute atomic E-state index is 12.9. The zero-order valence-corrected chi connectivity index (χ0v) is 23.6. The molecule has 1 saturated carbocycles. The molecule has 0 aromatic heterocycles. The van der Waals surface area contributed by atoms with Gasteiger partial charge in [0, 0.05) is 36.7 Å². The minimum atomic E-state index is -1.15. The Balaban J connectivity index is 2.74. The van der Waals surface area contributed by atoms with Crippen molar-refractivity contribution in [1.82, 2.24) is 0 Å². The zero-order chi connectivity index (χ0) is 28.3. The van der Waals surface area contributed by atoms with Gasteiger partial charge in [0.15, 0.2) is 0 Å². The van der Waals surface area contributed by atoms with Gasteiger partial charge in [-0.05, 0) is 58.4 Å². The Morgan fingerprint density at radius 2 is 1.78 bits per heavy atom. The first-order chi connectivity index (χ1) is 17.0. The number of hydrogen-bond donors (Lipinski definition) is 2. The van der Waals surface area contributed by atoms with Crippen LogP contribution in [0.15, 0.2) is 35.5 Å². The quantitative estimate of drug-likeness (QED) is 0.201. The molecule has 0 amide bonds. The first-order valence-corrected chi connectivity index (χ1v) is 12.9. The van der Waals surface area contributed by atoms with Gasteiger partial charge in [-0.3, -0.25) is 9.59 Å². The monoisotopic (exact) mass is 520 g/mol. The number of hydrogen-bond acceptors (Lipinski definition) is 8. The highest BCUT2D eigenvalue weighted by molar-refractivity contribution is 5.87. The summed E-state index contributed by atoms with van der Waals surface area (Å²) in [6.07, 6.45) is 2.08. The molecular weight excluding hydrogens is 476 g/mol. The molecule has 6 unspecified atom stereocenters. The van der Waals surface area contributed by atoms with Gasteiger partial charge in [0.05, 0.1) is 11.7 Å². The number of esters is 3. The average Bonchev–Trinajstić information content (AvgIpc) is 2.81. The molecule has 0 aromatic carbocycles. The largest absolute Gasteiger partial charge is 0.465 e. The summed E-state index contributed by atoms with van der Waals surface area (Å²) in [7, 11) is 0. The minimum absolute atomic E-state index is 0.00942. The highest BCUT2D eigenvalue weighted by Gasteiger charge is 2.63. The molecule has 0 saturated heterocycles. The molecular formula is C29H44O8. The van der Waals surface area contributed by atoms with E-state index in [2.05, 4.69) is 6.58 Å². The Morgan fingerprint density at radius 3 is 2.30 bits per heavy atom. The molecule has 0 aromatic rings. The molecule has 0 spiro atoms. The number of carbonyl (C=O) groups is 3. The van der Waals surface area contributed by atoms with Crippen LogP contribution in [0.25, 0.3) is 0 Å². The van der Waals surface area contributed by atoms with Gasteiger partial charge in [-0.2, -0.15) is 0 Å². The SMILES string of the molecule is C=CC(C)(O)CCC1=C(C)C(O)CC2C1(COC(C)=O)CC(OC(=O)C(C)=CC)C(OC(C)=O)C2(C)C. The maximum Gasteiger partial charge on any atom is 0.333 e. The fraction of sp³-hybridized carbons (Fsp3) is 0.690. The van der Waals surface area contributed by atoms with Crippen LogP contribution < -0.4 is 0 Å². The number of aliphatic hydroxyl groups is 2. The summed E-state index contributed by atoms with van der Waals surface area (Å²) in [6, 6.07) is 0. The Bertz CT molecular complexity index is 972. The lowest BCUT2D eigenvalue weighted by atomic mass is 9.47. The van der Waals surface area contributed by atoms with Crippen LogP contribution in [0, 0.1) is 16.7 Å². The smallest absolute Gasteiger partial charge is 0.333 e. The first kappa shape index (κ1) is 30.8. The molecule has 6 atom stereocenters. The van der Waals surface area contributed by atoms with Crippen LogP contribution in [-0.2, 0) is 28.6 Å². The summed E-state index contributed by atoms with van der Waals surface area (Å²) >= 11 is 0. The normalized spacial score (nSPS) is 31.0. The minimum Gasteiger partial charge on any atom is -0.465 e. The molecule has 2 rings (SSSR count). The maximum atomic E-state index is 12.9. The Morgan fingerprint density at radius 1 is 1.16 bits per heavy atom. The lowest BCUT2D eigenvalue weighted by Crippen LogP contribution is -2.63. The van der Waals surface area contributed by atoms with Crippen molar-refractivity contribution < 1.29 is 38.8 Å². The van der Waals surface area contributed by atoms with E-state index < -0.39 is 52.7 Å². The van der Waals surface area contributed by atoms with E-state index in [-0.39, 0.29) is 18.9 Å². The molecule has 8 nitrogen and oxygen atoms in total. The van der Waals surface area contributed by atoms with E-state index >= 15 is 0 Å². The number of ether oxygens (including phenoxy) is 3. The van der Waals surface area contributed by atoms with Gasteiger partial charge in [-0.25, -0.2) is 4.79 Å². The molecule has 0 bridgehead atoms. The summed E-state index contributed by atoms with van der Waals surface area (Å²) < 4.78 is 17.4. The van der Waals surface area contributed by atoms with Gasteiger partial charge in [-0.15, -0.1) is 6.58 Å². The molecule has 0 heterocycles. The van der Waals surface area contributed by atoms with E-state index in [9.17, 15) is 24.6 Å². The van der Waals surface area contributed by atoms with Crippen molar-refractivity contribution in [3.05, 3.63) is 35.5 Å². The van der Waals surface area contributed by atoms with Crippen LogP contribution in [0.2, 0.25) is 0 Å². The van der Waals surface area contributed by atoms with Gasteiger partial charge in [0.25, 0.3) is 0 Å². The number of fused-ring (bicyclic) bond motifs is 1. The van der Waals surface area contributed by atoms with Gasteiger partial charge in [0.1, 0.15) is 18.8 Å². The molecule has 1 fully saturated rings. The second kappa shape index (κ2) is 11.5. The van der Waals surface area contributed by atoms with E-state index in [1.54, 1.807) is 26.8 Å². The molecule has 8 heteroatoms. The summed E-state index contributed by atoms with van der Waals surface area (Å²) in [6.45, 7) is 17.2. The van der Waals surface area contributed by atoms with Crippen LogP contribution in [0.3, 0.4) is 0 Å². The van der Waals surface area contributed by atoms with Crippen LogP contribution in [0.5, 0.6) is 0 Å². The highest BCUT2D eigenvalue weighted by Crippen LogP contribution is 2.62. The van der Waals surface area contributed by atoms with Crippen LogP contribution in [0.4, 0.5) is 0 Å². The van der Waals surface area contributed by atoms with Crippen LogP contribution >= 0.6 is 0 Å². The van der Waals surface area contributed by atoms with Gasteiger partial charge in [0.2, 0.25) is 0 Å². The predicted molar refractivity (Wildman–Crippen MR) is 139 cm³/mol. The third kappa shape index (κ3) is 6.52. The molecule has 2 aliphatic rings. The van der Waals surface area contributed by atoms with Crippen molar-refractivity contribution in [2.75, 3.05) is 6.61 Å². The van der Waals surface area contributed by atoms with Crippen molar-refractivity contribution in [2.45, 2.75) is 105 Å². The molecule has 37 heavy (non-hydrogen) atoms. The Labute approximate surface area is 220 Å². The van der Waals surface area contributed by atoms with E-state index in [1.807, 2.05) is 20.8 Å². The fourth-order valence-corrected chi connectivity index (χ4v) is 6.12. The van der Waals surface area contributed by atoms with Gasteiger partial charge < -0.3 is 24.4 Å². The zero-order valence-electron chi connectivity index (χ0n) is 23.6. The number of carbonyl (C=O) groups excluding carboxylic acids is 3. The van der Waals surface area contributed by atoms with Crippen LogP contribution in [-0.4, -0.2) is 58.6 Å². The molecule has 0 radical (unpaired) electrons. The summed E-state index contributed by atoms with van der Waals surface area (Å²) in [5.41, 5.74) is -0.706. The van der Waals surface area contributed by atoms with Crippen molar-refractivity contribution in [1.29, 1.82) is 0 Å². The molecule has 2 N–H and O–H groups in total. The molecule has 208 valence electrons. The van der Waals surface area contributed by atoms with Crippen molar-refractivity contribution in [3.63, 3.8) is 0 Å². The Kier molecular flexibility index (Phi) is 9.58. The molecule has 0 aliphatic heterocycles. The van der Waals surface area contributed by atoms with E-state index in [0.717, 1.165) is 11.1 Å². The van der Waals surface area contributed by atoms with E-state index in [1.165, 1.54) is 19.9 Å². The van der Waals surface area contributed by atoms with E-state index in [0.29, 0.717) is 24.8 Å². The third-order valence-electron chi connectivity index (χ3n) is 8.40. The third-order valence-corrected chi connectivity index (χ3v) is 8.40. The predicted octanol–water partition coefficient (Wildman–Crippen LogP) is 4.19. The fourth-order valence-electron chi connectivity index (χ4n) is 6.12. The van der Waals surface area contributed by atoms with Crippen molar-refractivity contribution in [2.24, 2.45) is 16.7 Å². The summed E-state index contributed by atoms with van der Waals surface area (Å²) in [5.74, 6) is -1.76. The van der Waals surface area contributed by atoms with E-state index in [4.69, 9.17) is 14.2 Å². The summed E-state index contributed by atoms with van der Waals surface area (Å²) in [5, 5.41) is 21.8. The molecule has 2 aliphatic carbocycles. The van der Waals surface area contributed by atoms with Crippen LogP contribution in [0.1, 0.15) is 81.1 Å². The average molecular weight is 521 g/mol. The van der Waals surface area contributed by atoms with Crippen molar-refractivity contribution >= 4 is 17.9 Å². The number of allylic oxidation sites excluding steroid dienone is 1. The van der Waals surface area contributed by atoms with Gasteiger partial charge in [-0.1, -0.05) is 31.6 Å². The van der Waals surface area contributed by atoms with Crippen molar-refractivity contribution in [3.8, 4) is 0 Å². The number of aliphatic hydroxyl groups excluding tert-OH is 1. The topological polar surface area (TPSA) is 119 Å². The lowest BCUT2D eigenvalue weighted by Gasteiger charge is -2.60. The highest BCUT2D eigenvalue weighted by atomic mass is 16.6. The second-order valence-electron chi connectivity index (χ2n) is 11.4. The van der Waals surface area contributed by atoms with Gasteiger partial charge >= 0.3 is 17.9 Å². The number of rotatable bonds is 9. The second-order valence-corrected chi connectivity index (χ2v) is 11.4. The standard InChI is InChI=1S/C29H44O8/c1-10-17(3)26(33)37-23-15-29(16-35-19(5)30)21(12-13-28(9,34)11-2)18(4)22(32)14-24(29)27(7,8)25(23)36-20(6)31/h10-11,22-25,32,34H,2,12-16H2,1,3-9H3. The first-order valence-electron chi connectivity index (χ1n) is 12.9.